The Morgan fingerprint density at radius 1 is 1.24 bits per heavy atom. The minimum Gasteiger partial charge on any atom is -0.398 e. The Morgan fingerprint density at radius 3 is 2.48 bits per heavy atom. The quantitative estimate of drug-likeness (QED) is 0.694. The molecule has 2 rings (SSSR count). The standard InChI is InChI=1S/C13H14Br2N2O2S2/c1-2-17(8-9-3-6-13(15)20-9)21(18,19)10-4-5-12(16)11(14)7-10/h3-7H,2,8,16H2,1H3. The lowest BCUT2D eigenvalue weighted by atomic mass is 10.3. The van der Waals surface area contributed by atoms with Crippen molar-refractivity contribution in [2.45, 2.75) is 18.4 Å². The zero-order valence-corrected chi connectivity index (χ0v) is 16.0. The first-order valence-electron chi connectivity index (χ1n) is 6.14. The van der Waals surface area contributed by atoms with E-state index in [0.717, 1.165) is 8.66 Å². The number of sulfonamides is 1. The smallest absolute Gasteiger partial charge is 0.243 e. The van der Waals surface area contributed by atoms with Crippen LogP contribution in [-0.4, -0.2) is 19.3 Å². The van der Waals surface area contributed by atoms with E-state index in [1.54, 1.807) is 6.07 Å². The molecule has 2 N–H and O–H groups in total. The van der Waals surface area contributed by atoms with Gasteiger partial charge in [-0.15, -0.1) is 11.3 Å². The van der Waals surface area contributed by atoms with Gasteiger partial charge >= 0.3 is 0 Å². The zero-order chi connectivity index (χ0) is 15.6. The summed E-state index contributed by atoms with van der Waals surface area (Å²) in [5, 5.41) is 0. The lowest BCUT2D eigenvalue weighted by Gasteiger charge is -2.20. The van der Waals surface area contributed by atoms with E-state index in [2.05, 4.69) is 31.9 Å². The van der Waals surface area contributed by atoms with Crippen LogP contribution < -0.4 is 5.73 Å². The maximum atomic E-state index is 12.7. The fourth-order valence-corrected chi connectivity index (χ4v) is 5.36. The van der Waals surface area contributed by atoms with Crippen molar-refractivity contribution in [2.24, 2.45) is 0 Å². The second-order valence-electron chi connectivity index (χ2n) is 4.32. The van der Waals surface area contributed by atoms with E-state index in [0.29, 0.717) is 23.2 Å². The van der Waals surface area contributed by atoms with Crippen LogP contribution in [-0.2, 0) is 16.6 Å². The topological polar surface area (TPSA) is 63.4 Å². The molecule has 0 aliphatic carbocycles. The summed E-state index contributed by atoms with van der Waals surface area (Å²) < 4.78 is 28.4. The van der Waals surface area contributed by atoms with E-state index in [9.17, 15) is 8.42 Å². The van der Waals surface area contributed by atoms with Crippen LogP contribution in [0.15, 0.2) is 43.5 Å². The van der Waals surface area contributed by atoms with Gasteiger partial charge in [-0.1, -0.05) is 6.92 Å². The molecule has 0 fully saturated rings. The number of halogens is 2. The number of nitrogens with zero attached hydrogens (tertiary/aromatic N) is 1. The van der Waals surface area contributed by atoms with Crippen molar-refractivity contribution in [1.82, 2.24) is 4.31 Å². The first-order chi connectivity index (χ1) is 9.84. The van der Waals surface area contributed by atoms with Crippen LogP contribution >= 0.6 is 43.2 Å². The highest BCUT2D eigenvalue weighted by Crippen LogP contribution is 2.28. The number of anilines is 1. The monoisotopic (exact) mass is 452 g/mol. The molecule has 0 spiro atoms. The average molecular weight is 454 g/mol. The number of nitrogens with two attached hydrogens (primary N) is 1. The van der Waals surface area contributed by atoms with Crippen LogP contribution in [0, 0.1) is 0 Å². The van der Waals surface area contributed by atoms with E-state index >= 15 is 0 Å². The molecular weight excluding hydrogens is 440 g/mol. The molecule has 0 unspecified atom stereocenters. The molecule has 0 bridgehead atoms. The van der Waals surface area contributed by atoms with Crippen molar-refractivity contribution in [3.05, 3.63) is 43.5 Å². The molecule has 114 valence electrons. The molecule has 1 aromatic heterocycles. The fraction of sp³-hybridized carbons (Fsp3) is 0.231. The molecule has 4 nitrogen and oxygen atoms in total. The summed E-state index contributed by atoms with van der Waals surface area (Å²) in [6.07, 6.45) is 0. The Kier molecular flexibility index (Phi) is 5.48. The van der Waals surface area contributed by atoms with Crippen molar-refractivity contribution in [1.29, 1.82) is 0 Å². The van der Waals surface area contributed by atoms with Gasteiger partial charge in [-0.2, -0.15) is 4.31 Å². The third-order valence-corrected chi connectivity index (χ3v) is 7.14. The van der Waals surface area contributed by atoms with Crippen LogP contribution in [0.25, 0.3) is 0 Å². The van der Waals surface area contributed by atoms with Crippen LogP contribution in [0.2, 0.25) is 0 Å². The molecule has 0 radical (unpaired) electrons. The molecule has 0 aliphatic heterocycles. The van der Waals surface area contributed by atoms with Gasteiger partial charge in [-0.3, -0.25) is 0 Å². The Hall–Kier alpha value is -0.410. The summed E-state index contributed by atoms with van der Waals surface area (Å²) in [5.41, 5.74) is 6.22. The number of rotatable bonds is 5. The number of thiophene rings is 1. The molecular formula is C13H14Br2N2O2S2. The van der Waals surface area contributed by atoms with E-state index < -0.39 is 10.0 Å². The first-order valence-corrected chi connectivity index (χ1v) is 9.98. The van der Waals surface area contributed by atoms with Gasteiger partial charge in [0, 0.05) is 28.1 Å². The van der Waals surface area contributed by atoms with Crippen molar-refractivity contribution in [3.63, 3.8) is 0 Å². The Morgan fingerprint density at radius 2 is 1.95 bits per heavy atom. The predicted octanol–water partition coefficient (Wildman–Crippen LogP) is 4.07. The highest BCUT2D eigenvalue weighted by molar-refractivity contribution is 9.11. The molecule has 2 aromatic rings. The summed E-state index contributed by atoms with van der Waals surface area (Å²) in [5.74, 6) is 0. The maximum Gasteiger partial charge on any atom is 0.243 e. The third-order valence-electron chi connectivity index (χ3n) is 2.92. The van der Waals surface area contributed by atoms with Crippen molar-refractivity contribution < 1.29 is 8.42 Å². The van der Waals surface area contributed by atoms with Crippen LogP contribution in [0.4, 0.5) is 5.69 Å². The normalized spacial score (nSPS) is 12.0. The lowest BCUT2D eigenvalue weighted by Crippen LogP contribution is -2.30. The number of hydrogen-bond donors (Lipinski definition) is 1. The molecule has 21 heavy (non-hydrogen) atoms. The number of hydrogen-bond acceptors (Lipinski definition) is 4. The van der Waals surface area contributed by atoms with Crippen molar-refractivity contribution in [3.8, 4) is 0 Å². The van der Waals surface area contributed by atoms with Gasteiger partial charge in [-0.05, 0) is 62.2 Å². The number of nitrogen functional groups attached to an aromatic ring is 1. The molecule has 0 amide bonds. The highest BCUT2D eigenvalue weighted by atomic mass is 79.9. The van der Waals surface area contributed by atoms with Gasteiger partial charge in [-0.25, -0.2) is 8.42 Å². The van der Waals surface area contributed by atoms with Gasteiger partial charge < -0.3 is 5.73 Å². The van der Waals surface area contributed by atoms with E-state index in [-0.39, 0.29) is 4.90 Å². The van der Waals surface area contributed by atoms with Crippen molar-refractivity contribution >= 4 is 58.9 Å². The summed E-state index contributed by atoms with van der Waals surface area (Å²) in [7, 11) is -3.54. The van der Waals surface area contributed by atoms with E-state index in [4.69, 9.17) is 5.73 Å². The van der Waals surface area contributed by atoms with Gasteiger partial charge in [0.1, 0.15) is 0 Å². The Balaban J connectivity index is 2.32. The summed E-state index contributed by atoms with van der Waals surface area (Å²) in [6, 6.07) is 8.50. The molecule has 0 atom stereocenters. The number of benzene rings is 1. The zero-order valence-electron chi connectivity index (χ0n) is 11.2. The minimum atomic E-state index is -3.54. The van der Waals surface area contributed by atoms with Crippen LogP contribution in [0.5, 0.6) is 0 Å². The maximum absolute atomic E-state index is 12.7. The van der Waals surface area contributed by atoms with Crippen molar-refractivity contribution in [2.75, 3.05) is 12.3 Å². The molecule has 8 heteroatoms. The minimum absolute atomic E-state index is 0.237. The first kappa shape index (κ1) is 17.0. The molecule has 1 heterocycles. The van der Waals surface area contributed by atoms with Gasteiger partial charge in [0.2, 0.25) is 10.0 Å². The Labute approximate surface area is 145 Å². The highest BCUT2D eigenvalue weighted by Gasteiger charge is 2.24. The largest absolute Gasteiger partial charge is 0.398 e. The summed E-state index contributed by atoms with van der Waals surface area (Å²) >= 11 is 8.18. The van der Waals surface area contributed by atoms with E-state index in [1.165, 1.54) is 27.8 Å². The van der Waals surface area contributed by atoms with Gasteiger partial charge in [0.05, 0.1) is 8.68 Å². The third kappa shape index (κ3) is 3.87. The Bertz CT molecular complexity index is 744. The second-order valence-corrected chi connectivity index (χ2v) is 9.66. The molecule has 1 aromatic carbocycles. The average Bonchev–Trinajstić information content (AvgIpc) is 2.84. The molecule has 0 saturated carbocycles. The van der Waals surface area contributed by atoms with Crippen LogP contribution in [0.3, 0.4) is 0 Å². The summed E-state index contributed by atoms with van der Waals surface area (Å²) in [4.78, 5) is 1.22. The van der Waals surface area contributed by atoms with Gasteiger partial charge in [0.25, 0.3) is 0 Å². The lowest BCUT2D eigenvalue weighted by molar-refractivity contribution is 0.426. The summed E-state index contributed by atoms with van der Waals surface area (Å²) in [6.45, 7) is 2.59. The molecule has 0 saturated heterocycles. The predicted molar refractivity (Wildman–Crippen MR) is 93.8 cm³/mol. The second kappa shape index (κ2) is 6.78. The van der Waals surface area contributed by atoms with Crippen LogP contribution in [0.1, 0.15) is 11.8 Å². The van der Waals surface area contributed by atoms with Gasteiger partial charge in [0.15, 0.2) is 0 Å². The van der Waals surface area contributed by atoms with E-state index in [1.807, 2.05) is 19.1 Å². The molecule has 0 aliphatic rings. The SMILES string of the molecule is CCN(Cc1ccc(Br)s1)S(=O)(=O)c1ccc(N)c(Br)c1. The fourth-order valence-electron chi connectivity index (χ4n) is 1.79.